The number of unbranched alkanes of at least 4 members (excludes halogenated alkanes) is 2. The standard InChI is InChI=1S/C13H25N3S/c1-5-6-7-8-11(4)14-13-16-15-12(17-13)9-10(2)3/h10-11H,5-9H2,1-4H3,(H,14,16). The van der Waals surface area contributed by atoms with Gasteiger partial charge < -0.3 is 5.32 Å². The van der Waals surface area contributed by atoms with Crippen molar-refractivity contribution in [3.05, 3.63) is 5.01 Å². The molecule has 0 saturated heterocycles. The predicted octanol–water partition coefficient (Wildman–Crippen LogP) is 4.12. The van der Waals surface area contributed by atoms with Gasteiger partial charge in [-0.3, -0.25) is 0 Å². The van der Waals surface area contributed by atoms with Crippen molar-refractivity contribution < 1.29 is 0 Å². The van der Waals surface area contributed by atoms with Crippen LogP contribution in [-0.4, -0.2) is 16.2 Å². The Kier molecular flexibility index (Phi) is 6.48. The van der Waals surface area contributed by atoms with Crippen LogP contribution in [0.25, 0.3) is 0 Å². The van der Waals surface area contributed by atoms with Gasteiger partial charge in [0.15, 0.2) is 0 Å². The maximum atomic E-state index is 4.21. The Bertz CT molecular complexity index is 309. The van der Waals surface area contributed by atoms with Crippen LogP contribution < -0.4 is 5.32 Å². The summed E-state index contributed by atoms with van der Waals surface area (Å²) in [4.78, 5) is 0. The molecule has 0 radical (unpaired) electrons. The topological polar surface area (TPSA) is 37.8 Å². The Labute approximate surface area is 109 Å². The second-order valence-corrected chi connectivity index (χ2v) is 6.20. The molecule has 4 heteroatoms. The highest BCUT2D eigenvalue weighted by Gasteiger charge is 2.08. The van der Waals surface area contributed by atoms with Gasteiger partial charge in [-0.1, -0.05) is 51.4 Å². The average Bonchev–Trinajstić information content (AvgIpc) is 2.64. The van der Waals surface area contributed by atoms with Crippen LogP contribution in [0, 0.1) is 5.92 Å². The van der Waals surface area contributed by atoms with Crippen LogP contribution in [-0.2, 0) is 6.42 Å². The van der Waals surface area contributed by atoms with E-state index in [-0.39, 0.29) is 0 Å². The molecule has 98 valence electrons. The van der Waals surface area contributed by atoms with Gasteiger partial charge in [0.2, 0.25) is 5.13 Å². The molecule has 0 bridgehead atoms. The molecular weight excluding hydrogens is 230 g/mol. The molecule has 0 aliphatic rings. The zero-order valence-electron chi connectivity index (χ0n) is 11.5. The highest BCUT2D eigenvalue weighted by molar-refractivity contribution is 7.15. The number of anilines is 1. The SMILES string of the molecule is CCCCCC(C)Nc1nnc(CC(C)C)s1. The lowest BCUT2D eigenvalue weighted by Crippen LogP contribution is -2.14. The molecule has 1 atom stereocenters. The van der Waals surface area contributed by atoms with E-state index < -0.39 is 0 Å². The van der Waals surface area contributed by atoms with E-state index in [1.807, 2.05) is 0 Å². The summed E-state index contributed by atoms with van der Waals surface area (Å²) in [6.45, 7) is 8.88. The van der Waals surface area contributed by atoms with Crippen LogP contribution in [0.2, 0.25) is 0 Å². The van der Waals surface area contributed by atoms with Crippen molar-refractivity contribution >= 4 is 16.5 Å². The van der Waals surface area contributed by atoms with E-state index in [1.165, 1.54) is 25.7 Å². The van der Waals surface area contributed by atoms with Crippen LogP contribution in [0.3, 0.4) is 0 Å². The first kappa shape index (κ1) is 14.4. The van der Waals surface area contributed by atoms with Gasteiger partial charge in [0.1, 0.15) is 5.01 Å². The fraction of sp³-hybridized carbons (Fsp3) is 0.846. The lowest BCUT2D eigenvalue weighted by molar-refractivity contribution is 0.614. The van der Waals surface area contributed by atoms with E-state index in [2.05, 4.69) is 43.2 Å². The lowest BCUT2D eigenvalue weighted by Gasteiger charge is -2.11. The minimum atomic E-state index is 0.501. The first-order chi connectivity index (χ1) is 8.11. The van der Waals surface area contributed by atoms with Gasteiger partial charge in [0.05, 0.1) is 0 Å². The smallest absolute Gasteiger partial charge is 0.205 e. The summed E-state index contributed by atoms with van der Waals surface area (Å²) in [5, 5.41) is 14.0. The second kappa shape index (κ2) is 7.64. The Balaban J connectivity index is 2.32. The van der Waals surface area contributed by atoms with E-state index in [1.54, 1.807) is 11.3 Å². The Morgan fingerprint density at radius 1 is 1.18 bits per heavy atom. The summed E-state index contributed by atoms with van der Waals surface area (Å²) >= 11 is 1.70. The third kappa shape index (κ3) is 6.01. The average molecular weight is 255 g/mol. The summed E-state index contributed by atoms with van der Waals surface area (Å²) in [6, 6.07) is 0.501. The van der Waals surface area contributed by atoms with E-state index >= 15 is 0 Å². The van der Waals surface area contributed by atoms with Gasteiger partial charge in [0.25, 0.3) is 0 Å². The molecule has 1 aromatic rings. The molecule has 0 fully saturated rings. The largest absolute Gasteiger partial charge is 0.358 e. The maximum absolute atomic E-state index is 4.21. The summed E-state index contributed by atoms with van der Waals surface area (Å²) in [5.74, 6) is 0.651. The summed E-state index contributed by atoms with van der Waals surface area (Å²) < 4.78 is 0. The van der Waals surface area contributed by atoms with Crippen molar-refractivity contribution in [3.63, 3.8) is 0 Å². The van der Waals surface area contributed by atoms with Gasteiger partial charge in [-0.25, -0.2) is 0 Å². The first-order valence-corrected chi connectivity index (χ1v) is 7.52. The Morgan fingerprint density at radius 2 is 1.94 bits per heavy atom. The van der Waals surface area contributed by atoms with Crippen molar-refractivity contribution in [1.82, 2.24) is 10.2 Å². The Hall–Kier alpha value is -0.640. The zero-order chi connectivity index (χ0) is 12.7. The molecule has 0 aliphatic carbocycles. The molecule has 0 amide bonds. The molecule has 0 spiro atoms. The maximum Gasteiger partial charge on any atom is 0.205 e. The number of nitrogens with one attached hydrogen (secondary N) is 1. The van der Waals surface area contributed by atoms with Crippen molar-refractivity contribution in [1.29, 1.82) is 0 Å². The van der Waals surface area contributed by atoms with Crippen LogP contribution in [0.5, 0.6) is 0 Å². The first-order valence-electron chi connectivity index (χ1n) is 6.70. The lowest BCUT2D eigenvalue weighted by atomic mass is 10.1. The van der Waals surface area contributed by atoms with Crippen LogP contribution in [0.4, 0.5) is 5.13 Å². The van der Waals surface area contributed by atoms with Gasteiger partial charge in [0, 0.05) is 12.5 Å². The number of hydrogen-bond donors (Lipinski definition) is 1. The second-order valence-electron chi connectivity index (χ2n) is 5.14. The van der Waals surface area contributed by atoms with Crippen molar-refractivity contribution in [2.75, 3.05) is 5.32 Å². The van der Waals surface area contributed by atoms with Crippen molar-refractivity contribution in [3.8, 4) is 0 Å². The molecule has 0 aromatic carbocycles. The molecule has 0 aliphatic heterocycles. The number of rotatable bonds is 8. The third-order valence-corrected chi connectivity index (χ3v) is 3.54. The summed E-state index contributed by atoms with van der Waals surface area (Å²) in [6.07, 6.45) is 6.14. The van der Waals surface area contributed by atoms with E-state index in [0.717, 1.165) is 16.6 Å². The van der Waals surface area contributed by atoms with E-state index in [0.29, 0.717) is 12.0 Å². The minimum absolute atomic E-state index is 0.501. The van der Waals surface area contributed by atoms with E-state index in [4.69, 9.17) is 0 Å². The molecular formula is C13H25N3S. The summed E-state index contributed by atoms with van der Waals surface area (Å²) in [7, 11) is 0. The van der Waals surface area contributed by atoms with Gasteiger partial charge in [-0.2, -0.15) is 0 Å². The van der Waals surface area contributed by atoms with Gasteiger partial charge >= 0.3 is 0 Å². The molecule has 0 saturated carbocycles. The molecule has 1 N–H and O–H groups in total. The molecule has 1 heterocycles. The fourth-order valence-corrected chi connectivity index (χ4v) is 2.79. The number of hydrogen-bond acceptors (Lipinski definition) is 4. The number of aromatic nitrogens is 2. The van der Waals surface area contributed by atoms with E-state index in [9.17, 15) is 0 Å². The van der Waals surface area contributed by atoms with Crippen LogP contribution in [0.1, 0.15) is 58.4 Å². The van der Waals surface area contributed by atoms with Crippen molar-refractivity contribution in [2.24, 2.45) is 5.92 Å². The van der Waals surface area contributed by atoms with Gasteiger partial charge in [-0.05, 0) is 19.3 Å². The molecule has 1 unspecified atom stereocenters. The van der Waals surface area contributed by atoms with Crippen molar-refractivity contribution in [2.45, 2.75) is 65.8 Å². The Morgan fingerprint density at radius 3 is 2.59 bits per heavy atom. The molecule has 1 rings (SSSR count). The molecule has 17 heavy (non-hydrogen) atoms. The zero-order valence-corrected chi connectivity index (χ0v) is 12.3. The monoisotopic (exact) mass is 255 g/mol. The summed E-state index contributed by atoms with van der Waals surface area (Å²) in [5.41, 5.74) is 0. The molecule has 1 aromatic heterocycles. The normalized spacial score (nSPS) is 13.0. The van der Waals surface area contributed by atoms with Crippen LogP contribution in [0.15, 0.2) is 0 Å². The van der Waals surface area contributed by atoms with Crippen LogP contribution >= 0.6 is 11.3 Å². The third-order valence-electron chi connectivity index (χ3n) is 2.66. The fourth-order valence-electron chi connectivity index (χ4n) is 1.73. The quantitative estimate of drug-likeness (QED) is 0.710. The number of nitrogens with zero attached hydrogens (tertiary/aromatic N) is 2. The molecule has 3 nitrogen and oxygen atoms in total. The highest BCUT2D eigenvalue weighted by atomic mass is 32.1. The highest BCUT2D eigenvalue weighted by Crippen LogP contribution is 2.19. The minimum Gasteiger partial charge on any atom is -0.358 e. The predicted molar refractivity (Wildman–Crippen MR) is 75.7 cm³/mol. The van der Waals surface area contributed by atoms with Gasteiger partial charge in [-0.15, -0.1) is 10.2 Å².